The summed E-state index contributed by atoms with van der Waals surface area (Å²) in [6, 6.07) is 15.2. The Hall–Kier alpha value is -2.82. The van der Waals surface area contributed by atoms with Gasteiger partial charge in [-0.25, -0.2) is 0 Å². The smallest absolute Gasteiger partial charge is 0.254 e. The van der Waals surface area contributed by atoms with E-state index in [1.54, 1.807) is 7.11 Å². The molecule has 5 heteroatoms. The van der Waals surface area contributed by atoms with E-state index >= 15 is 0 Å². The van der Waals surface area contributed by atoms with Crippen LogP contribution in [0.25, 0.3) is 0 Å². The van der Waals surface area contributed by atoms with Crippen molar-refractivity contribution in [3.8, 4) is 5.75 Å². The van der Waals surface area contributed by atoms with Crippen LogP contribution >= 0.6 is 0 Å². The third-order valence-electron chi connectivity index (χ3n) is 6.06. The molecule has 0 aromatic heterocycles. The number of hydrogen-bond donors (Lipinski definition) is 1. The third kappa shape index (κ3) is 3.93. The molecule has 4 rings (SSSR count). The summed E-state index contributed by atoms with van der Waals surface area (Å²) in [5.74, 6) is 0.802. The second kappa shape index (κ2) is 8.50. The minimum Gasteiger partial charge on any atom is -0.497 e. The van der Waals surface area contributed by atoms with Gasteiger partial charge in [0.25, 0.3) is 5.91 Å². The molecule has 0 saturated heterocycles. The maximum atomic E-state index is 13.5. The van der Waals surface area contributed by atoms with E-state index in [2.05, 4.69) is 19.2 Å². The fourth-order valence-corrected chi connectivity index (χ4v) is 4.36. The maximum absolute atomic E-state index is 13.5. The van der Waals surface area contributed by atoms with Gasteiger partial charge in [-0.2, -0.15) is 0 Å². The molecule has 1 aliphatic heterocycles. The standard InChI is InChI=1S/C25H30N2O3/c1-16(2)13-14-26-24(28)22-20-9-4-5-10-21(20)25(29)27(18-11-12-18)23(22)17-7-6-8-19(15-17)30-3/h4-10,15-16,18,22-23H,11-14H2,1-3H3,(H,26,28). The fraction of sp³-hybridized carbons (Fsp3) is 0.440. The lowest BCUT2D eigenvalue weighted by atomic mass is 9.79. The van der Waals surface area contributed by atoms with Gasteiger partial charge in [-0.1, -0.05) is 44.2 Å². The van der Waals surface area contributed by atoms with Gasteiger partial charge in [0.1, 0.15) is 5.75 Å². The number of rotatable bonds is 7. The summed E-state index contributed by atoms with van der Waals surface area (Å²) in [5, 5.41) is 3.14. The Morgan fingerprint density at radius 3 is 2.63 bits per heavy atom. The summed E-state index contributed by atoms with van der Waals surface area (Å²) in [5.41, 5.74) is 2.40. The first-order valence-corrected chi connectivity index (χ1v) is 10.8. The van der Waals surface area contributed by atoms with Gasteiger partial charge < -0.3 is 15.0 Å². The van der Waals surface area contributed by atoms with Gasteiger partial charge in [-0.3, -0.25) is 9.59 Å². The van der Waals surface area contributed by atoms with Crippen LogP contribution in [-0.2, 0) is 4.79 Å². The average molecular weight is 407 g/mol. The van der Waals surface area contributed by atoms with Gasteiger partial charge in [0.15, 0.2) is 0 Å². The van der Waals surface area contributed by atoms with E-state index in [1.165, 1.54) is 0 Å². The molecule has 1 N–H and O–H groups in total. The van der Waals surface area contributed by atoms with Crippen molar-refractivity contribution in [2.24, 2.45) is 5.92 Å². The van der Waals surface area contributed by atoms with Gasteiger partial charge in [0, 0.05) is 18.2 Å². The zero-order valence-corrected chi connectivity index (χ0v) is 17.9. The number of fused-ring (bicyclic) bond motifs is 1. The molecular formula is C25H30N2O3. The highest BCUT2D eigenvalue weighted by Gasteiger charge is 2.49. The van der Waals surface area contributed by atoms with Gasteiger partial charge in [-0.15, -0.1) is 0 Å². The Morgan fingerprint density at radius 1 is 1.17 bits per heavy atom. The first-order chi connectivity index (χ1) is 14.5. The number of nitrogens with zero attached hydrogens (tertiary/aromatic N) is 1. The molecule has 0 bridgehead atoms. The topological polar surface area (TPSA) is 58.6 Å². The van der Waals surface area contributed by atoms with E-state index in [1.807, 2.05) is 53.4 Å². The van der Waals surface area contributed by atoms with Crippen LogP contribution in [0.1, 0.15) is 66.6 Å². The monoisotopic (exact) mass is 406 g/mol. The van der Waals surface area contributed by atoms with Gasteiger partial charge in [0.05, 0.1) is 19.1 Å². The molecule has 5 nitrogen and oxygen atoms in total. The number of carbonyl (C=O) groups excluding carboxylic acids is 2. The predicted octanol–water partition coefficient (Wildman–Crippen LogP) is 4.30. The first-order valence-electron chi connectivity index (χ1n) is 10.8. The molecular weight excluding hydrogens is 376 g/mol. The van der Waals surface area contributed by atoms with Gasteiger partial charge >= 0.3 is 0 Å². The Bertz CT molecular complexity index is 935. The van der Waals surface area contributed by atoms with E-state index in [4.69, 9.17) is 4.74 Å². The van der Waals surface area contributed by atoms with Crippen molar-refractivity contribution < 1.29 is 14.3 Å². The quantitative estimate of drug-likeness (QED) is 0.746. The van der Waals surface area contributed by atoms with E-state index in [-0.39, 0.29) is 23.9 Å². The highest BCUT2D eigenvalue weighted by molar-refractivity contribution is 6.01. The lowest BCUT2D eigenvalue weighted by Crippen LogP contribution is -2.48. The van der Waals surface area contributed by atoms with E-state index in [9.17, 15) is 9.59 Å². The molecule has 2 unspecified atom stereocenters. The molecule has 0 spiro atoms. The molecule has 158 valence electrons. The highest BCUT2D eigenvalue weighted by Crippen LogP contribution is 2.48. The Balaban J connectivity index is 1.79. The maximum Gasteiger partial charge on any atom is 0.254 e. The van der Waals surface area contributed by atoms with Crippen LogP contribution in [0.4, 0.5) is 0 Å². The number of carbonyl (C=O) groups is 2. The summed E-state index contributed by atoms with van der Waals surface area (Å²) >= 11 is 0. The molecule has 30 heavy (non-hydrogen) atoms. The third-order valence-corrected chi connectivity index (χ3v) is 6.06. The van der Waals surface area contributed by atoms with E-state index in [0.717, 1.165) is 36.1 Å². The molecule has 2 amide bonds. The largest absolute Gasteiger partial charge is 0.497 e. The van der Waals surface area contributed by atoms with Crippen LogP contribution in [0, 0.1) is 5.92 Å². The normalized spacial score (nSPS) is 20.8. The van der Waals surface area contributed by atoms with Crippen LogP contribution in [0.15, 0.2) is 48.5 Å². The van der Waals surface area contributed by atoms with Crippen LogP contribution in [0.5, 0.6) is 5.75 Å². The second-order valence-electron chi connectivity index (χ2n) is 8.70. The first kappa shape index (κ1) is 20.5. The SMILES string of the molecule is COc1cccc(C2C(C(=O)NCCC(C)C)c3ccccc3C(=O)N2C2CC2)c1. The molecule has 1 fully saturated rings. The Morgan fingerprint density at radius 2 is 1.93 bits per heavy atom. The van der Waals surface area contributed by atoms with Crippen molar-refractivity contribution in [1.82, 2.24) is 10.2 Å². The lowest BCUT2D eigenvalue weighted by molar-refractivity contribution is -0.124. The molecule has 2 aliphatic rings. The van der Waals surface area contributed by atoms with Crippen molar-refractivity contribution in [2.75, 3.05) is 13.7 Å². The summed E-state index contributed by atoms with van der Waals surface area (Å²) in [7, 11) is 1.63. The zero-order chi connectivity index (χ0) is 21.3. The molecule has 2 aromatic rings. The van der Waals surface area contributed by atoms with Crippen molar-refractivity contribution in [3.05, 3.63) is 65.2 Å². The molecule has 1 saturated carbocycles. The van der Waals surface area contributed by atoms with Crippen molar-refractivity contribution in [1.29, 1.82) is 0 Å². The number of hydrogen-bond acceptors (Lipinski definition) is 3. The minimum atomic E-state index is -0.446. The van der Waals surface area contributed by atoms with Crippen LogP contribution in [0.3, 0.4) is 0 Å². The minimum absolute atomic E-state index is 0.0194. The van der Waals surface area contributed by atoms with Gasteiger partial charge in [0.2, 0.25) is 5.91 Å². The molecule has 2 aromatic carbocycles. The van der Waals surface area contributed by atoms with Gasteiger partial charge in [-0.05, 0) is 54.5 Å². The summed E-state index contributed by atoms with van der Waals surface area (Å²) in [6.45, 7) is 4.93. The molecule has 0 radical (unpaired) electrons. The highest BCUT2D eigenvalue weighted by atomic mass is 16.5. The molecule has 1 heterocycles. The summed E-state index contributed by atoms with van der Waals surface area (Å²) < 4.78 is 5.44. The van der Waals surface area contributed by atoms with Crippen molar-refractivity contribution in [2.45, 2.75) is 51.1 Å². The number of amides is 2. The number of benzene rings is 2. The second-order valence-corrected chi connectivity index (χ2v) is 8.70. The van der Waals surface area contributed by atoms with Crippen LogP contribution in [-0.4, -0.2) is 36.4 Å². The predicted molar refractivity (Wildman–Crippen MR) is 117 cm³/mol. The molecule has 2 atom stereocenters. The number of ether oxygens (including phenoxy) is 1. The van der Waals surface area contributed by atoms with E-state index < -0.39 is 5.92 Å². The number of methoxy groups -OCH3 is 1. The Labute approximate surface area is 178 Å². The molecule has 1 aliphatic carbocycles. The summed E-state index contributed by atoms with van der Waals surface area (Å²) in [4.78, 5) is 28.9. The van der Waals surface area contributed by atoms with Crippen molar-refractivity contribution in [3.63, 3.8) is 0 Å². The fourth-order valence-electron chi connectivity index (χ4n) is 4.36. The lowest BCUT2D eigenvalue weighted by Gasteiger charge is -2.42. The zero-order valence-electron chi connectivity index (χ0n) is 17.9. The van der Waals surface area contributed by atoms with E-state index in [0.29, 0.717) is 18.0 Å². The van der Waals surface area contributed by atoms with Crippen LogP contribution in [0.2, 0.25) is 0 Å². The van der Waals surface area contributed by atoms with Crippen molar-refractivity contribution >= 4 is 11.8 Å². The summed E-state index contributed by atoms with van der Waals surface area (Å²) in [6.07, 6.45) is 2.89. The Kier molecular flexibility index (Phi) is 5.80. The number of nitrogens with one attached hydrogen (secondary N) is 1. The van der Waals surface area contributed by atoms with Crippen LogP contribution < -0.4 is 10.1 Å². The average Bonchev–Trinajstić information content (AvgIpc) is 3.58.